The van der Waals surface area contributed by atoms with Crippen molar-refractivity contribution < 1.29 is 4.57 Å². The summed E-state index contributed by atoms with van der Waals surface area (Å²) in [7, 11) is 2.31. The SMILES string of the molecule is CN(c1cc[n+](C23CC4CC(CC(C4)C2)C3)cc1)C1CCCCC1. The van der Waals surface area contributed by atoms with Crippen molar-refractivity contribution in [3.05, 3.63) is 24.5 Å². The number of pyridine rings is 1. The zero-order chi connectivity index (χ0) is 16.1. The monoisotopic (exact) mass is 325 g/mol. The molecule has 5 fully saturated rings. The van der Waals surface area contributed by atoms with Crippen molar-refractivity contribution in [2.75, 3.05) is 11.9 Å². The summed E-state index contributed by atoms with van der Waals surface area (Å²) in [6.07, 6.45) is 20.8. The average molecular weight is 326 g/mol. The van der Waals surface area contributed by atoms with E-state index in [4.69, 9.17) is 0 Å². The normalized spacial score (nSPS) is 38.5. The Hall–Kier alpha value is -1.05. The quantitative estimate of drug-likeness (QED) is 0.733. The van der Waals surface area contributed by atoms with Crippen molar-refractivity contribution in [2.45, 2.75) is 82.2 Å². The van der Waals surface area contributed by atoms with Gasteiger partial charge in [0.2, 0.25) is 0 Å². The summed E-state index contributed by atoms with van der Waals surface area (Å²) in [6.45, 7) is 0. The first-order valence-electron chi connectivity index (χ1n) is 10.5. The van der Waals surface area contributed by atoms with Gasteiger partial charge in [0.15, 0.2) is 17.9 Å². The second-order valence-electron chi connectivity index (χ2n) is 9.51. The Morgan fingerprint density at radius 3 is 1.96 bits per heavy atom. The van der Waals surface area contributed by atoms with Gasteiger partial charge in [-0.15, -0.1) is 0 Å². The second-order valence-corrected chi connectivity index (χ2v) is 9.51. The molecular formula is C22H33N2+. The van der Waals surface area contributed by atoms with E-state index in [1.54, 1.807) is 0 Å². The lowest BCUT2D eigenvalue weighted by Crippen LogP contribution is -2.64. The first kappa shape index (κ1) is 15.2. The molecule has 6 rings (SSSR count). The van der Waals surface area contributed by atoms with Crippen LogP contribution in [-0.4, -0.2) is 13.1 Å². The lowest BCUT2D eigenvalue weighted by molar-refractivity contribution is -0.776. The molecule has 5 saturated carbocycles. The summed E-state index contributed by atoms with van der Waals surface area (Å²) in [6, 6.07) is 5.55. The summed E-state index contributed by atoms with van der Waals surface area (Å²) in [5.74, 6) is 3.06. The highest BCUT2D eigenvalue weighted by molar-refractivity contribution is 5.44. The van der Waals surface area contributed by atoms with Crippen LogP contribution in [0.2, 0.25) is 0 Å². The molecule has 1 aromatic heterocycles. The fraction of sp³-hybridized carbons (Fsp3) is 0.773. The lowest BCUT2D eigenvalue weighted by atomic mass is 9.53. The Kier molecular flexibility index (Phi) is 3.64. The molecule has 2 heteroatoms. The summed E-state index contributed by atoms with van der Waals surface area (Å²) >= 11 is 0. The van der Waals surface area contributed by atoms with Gasteiger partial charge in [0.05, 0.1) is 0 Å². The van der Waals surface area contributed by atoms with E-state index in [1.165, 1.54) is 76.3 Å². The molecule has 0 atom stereocenters. The number of nitrogens with zero attached hydrogens (tertiary/aromatic N) is 2. The number of anilines is 1. The maximum atomic E-state index is 2.62. The second kappa shape index (κ2) is 5.75. The summed E-state index contributed by atoms with van der Waals surface area (Å²) < 4.78 is 2.62. The fourth-order valence-corrected chi connectivity index (χ4v) is 7.03. The zero-order valence-electron chi connectivity index (χ0n) is 15.3. The van der Waals surface area contributed by atoms with Crippen LogP contribution in [0.4, 0.5) is 5.69 Å². The van der Waals surface area contributed by atoms with Crippen LogP contribution in [0.15, 0.2) is 24.5 Å². The van der Waals surface area contributed by atoms with Gasteiger partial charge in [-0.1, -0.05) is 19.3 Å². The molecule has 0 aromatic carbocycles. The number of hydrogen-bond donors (Lipinski definition) is 0. The molecule has 2 nitrogen and oxygen atoms in total. The third-order valence-corrected chi connectivity index (χ3v) is 7.90. The Bertz CT molecular complexity index is 549. The van der Waals surface area contributed by atoms with Gasteiger partial charge in [0.1, 0.15) is 0 Å². The molecule has 0 radical (unpaired) electrons. The zero-order valence-corrected chi connectivity index (χ0v) is 15.3. The maximum Gasteiger partial charge on any atom is 0.171 e. The molecule has 0 saturated heterocycles. The molecule has 130 valence electrons. The van der Waals surface area contributed by atoms with E-state index in [0.29, 0.717) is 5.54 Å². The summed E-state index contributed by atoms with van der Waals surface area (Å²) in [4.78, 5) is 2.54. The third-order valence-electron chi connectivity index (χ3n) is 7.90. The first-order chi connectivity index (χ1) is 11.7. The molecule has 5 aliphatic rings. The number of rotatable bonds is 3. The molecule has 0 unspecified atom stereocenters. The van der Waals surface area contributed by atoms with Crippen LogP contribution in [0.25, 0.3) is 0 Å². The van der Waals surface area contributed by atoms with Crippen molar-refractivity contribution >= 4 is 5.69 Å². The van der Waals surface area contributed by atoms with Gasteiger partial charge < -0.3 is 4.90 Å². The lowest BCUT2D eigenvalue weighted by Gasteiger charge is -2.53. The highest BCUT2D eigenvalue weighted by atomic mass is 15.1. The minimum absolute atomic E-state index is 0.469. The Labute approximate surface area is 147 Å². The van der Waals surface area contributed by atoms with Crippen LogP contribution >= 0.6 is 0 Å². The molecule has 1 aromatic rings. The molecule has 0 N–H and O–H groups in total. The Morgan fingerprint density at radius 1 is 0.875 bits per heavy atom. The number of aromatic nitrogens is 1. The van der Waals surface area contributed by atoms with Crippen LogP contribution in [0.1, 0.15) is 70.6 Å². The standard InChI is InChI=1S/C22H33N2/c1-23(20-5-3-2-4-6-20)21-7-9-24(10-8-21)22-14-17-11-18(15-22)13-19(12-17)16-22/h7-10,17-20H,2-6,11-16H2,1H3/q+1. The van der Waals surface area contributed by atoms with Crippen LogP contribution in [-0.2, 0) is 5.54 Å². The Morgan fingerprint density at radius 2 is 1.42 bits per heavy atom. The van der Waals surface area contributed by atoms with Gasteiger partial charge in [-0.2, -0.15) is 4.57 Å². The van der Waals surface area contributed by atoms with Gasteiger partial charge in [0.25, 0.3) is 0 Å². The van der Waals surface area contributed by atoms with E-state index in [9.17, 15) is 0 Å². The van der Waals surface area contributed by atoms with Crippen molar-refractivity contribution in [1.82, 2.24) is 0 Å². The van der Waals surface area contributed by atoms with Gasteiger partial charge in [-0.25, -0.2) is 0 Å². The maximum absolute atomic E-state index is 2.62. The van der Waals surface area contributed by atoms with Crippen molar-refractivity contribution in [2.24, 2.45) is 17.8 Å². The molecule has 0 spiro atoms. The van der Waals surface area contributed by atoms with Crippen molar-refractivity contribution in [3.8, 4) is 0 Å². The molecular weight excluding hydrogens is 292 g/mol. The largest absolute Gasteiger partial charge is 0.371 e. The number of hydrogen-bond acceptors (Lipinski definition) is 1. The molecule has 0 amide bonds. The predicted molar refractivity (Wildman–Crippen MR) is 98.1 cm³/mol. The van der Waals surface area contributed by atoms with E-state index >= 15 is 0 Å². The average Bonchev–Trinajstić information content (AvgIpc) is 2.61. The van der Waals surface area contributed by atoms with Gasteiger partial charge in [-0.3, -0.25) is 0 Å². The first-order valence-corrected chi connectivity index (χ1v) is 10.5. The molecule has 4 bridgehead atoms. The van der Waals surface area contributed by atoms with Gasteiger partial charge in [0, 0.05) is 50.2 Å². The van der Waals surface area contributed by atoms with Crippen LogP contribution in [0.3, 0.4) is 0 Å². The predicted octanol–water partition coefficient (Wildman–Crippen LogP) is 4.67. The van der Waals surface area contributed by atoms with Crippen molar-refractivity contribution in [3.63, 3.8) is 0 Å². The highest BCUT2D eigenvalue weighted by Gasteiger charge is 2.56. The van der Waals surface area contributed by atoms with E-state index in [1.807, 2.05) is 0 Å². The smallest absolute Gasteiger partial charge is 0.171 e. The van der Waals surface area contributed by atoms with E-state index in [0.717, 1.165) is 23.8 Å². The molecule has 1 heterocycles. The van der Waals surface area contributed by atoms with Crippen LogP contribution in [0, 0.1) is 17.8 Å². The van der Waals surface area contributed by atoms with Gasteiger partial charge >= 0.3 is 0 Å². The molecule has 0 aliphatic heterocycles. The van der Waals surface area contributed by atoms with Crippen molar-refractivity contribution in [1.29, 1.82) is 0 Å². The highest BCUT2D eigenvalue weighted by Crippen LogP contribution is 2.56. The van der Waals surface area contributed by atoms with Gasteiger partial charge in [-0.05, 0) is 49.9 Å². The van der Waals surface area contributed by atoms with E-state index in [2.05, 4.69) is 41.0 Å². The van der Waals surface area contributed by atoms with E-state index < -0.39 is 0 Å². The topological polar surface area (TPSA) is 7.12 Å². The molecule has 24 heavy (non-hydrogen) atoms. The minimum atomic E-state index is 0.469. The Balaban J connectivity index is 1.36. The summed E-state index contributed by atoms with van der Waals surface area (Å²) in [5, 5.41) is 0. The summed E-state index contributed by atoms with van der Waals surface area (Å²) in [5.41, 5.74) is 1.89. The van der Waals surface area contributed by atoms with Crippen LogP contribution in [0.5, 0.6) is 0 Å². The van der Waals surface area contributed by atoms with E-state index in [-0.39, 0.29) is 0 Å². The fourth-order valence-electron chi connectivity index (χ4n) is 7.03. The molecule has 5 aliphatic carbocycles. The minimum Gasteiger partial charge on any atom is -0.371 e. The van der Waals surface area contributed by atoms with Crippen LogP contribution < -0.4 is 9.47 Å². The third kappa shape index (κ3) is 2.48.